The molecule has 0 aliphatic carbocycles. The minimum absolute atomic E-state index is 0.455. The van der Waals surface area contributed by atoms with Crippen LogP contribution in [0.25, 0.3) is 22.2 Å². The van der Waals surface area contributed by atoms with E-state index in [4.69, 9.17) is 5.11 Å². The van der Waals surface area contributed by atoms with Gasteiger partial charge in [-0.25, -0.2) is 9.48 Å². The summed E-state index contributed by atoms with van der Waals surface area (Å²) < 4.78 is 1.32. The summed E-state index contributed by atoms with van der Waals surface area (Å²) in [4.78, 5) is 11.1. The third-order valence-electron chi connectivity index (χ3n) is 3.25. The Morgan fingerprint density at radius 1 is 1.20 bits per heavy atom. The number of carbonyl (C=O) groups is 1. The Morgan fingerprint density at radius 3 is 2.75 bits per heavy atom. The van der Waals surface area contributed by atoms with Crippen molar-refractivity contribution in [1.29, 1.82) is 0 Å². The van der Waals surface area contributed by atoms with Crippen LogP contribution in [0.15, 0.2) is 42.5 Å². The third kappa shape index (κ3) is 1.91. The van der Waals surface area contributed by atoms with E-state index < -0.39 is 12.0 Å². The Hall–Kier alpha value is -2.76. The first-order chi connectivity index (χ1) is 9.68. The van der Waals surface area contributed by atoms with Crippen LogP contribution in [0.1, 0.15) is 13.0 Å². The number of benzene rings is 2. The molecule has 3 aromatic rings. The van der Waals surface area contributed by atoms with Crippen LogP contribution in [0, 0.1) is 0 Å². The van der Waals surface area contributed by atoms with Crippen molar-refractivity contribution >= 4 is 16.7 Å². The van der Waals surface area contributed by atoms with E-state index in [0.717, 1.165) is 16.3 Å². The number of hydrogen-bond acceptors (Lipinski definition) is 4. The van der Waals surface area contributed by atoms with Crippen molar-refractivity contribution in [3.63, 3.8) is 0 Å². The highest BCUT2D eigenvalue weighted by Crippen LogP contribution is 2.27. The lowest BCUT2D eigenvalue weighted by Crippen LogP contribution is -2.18. The van der Waals surface area contributed by atoms with Crippen LogP contribution >= 0.6 is 0 Å². The van der Waals surface area contributed by atoms with Gasteiger partial charge in [-0.3, -0.25) is 0 Å². The van der Waals surface area contributed by atoms with Gasteiger partial charge in [-0.15, -0.1) is 5.10 Å². The monoisotopic (exact) mass is 268 g/mol. The number of carboxylic acids is 1. The molecule has 0 radical (unpaired) electrons. The van der Waals surface area contributed by atoms with Gasteiger partial charge in [0.05, 0.1) is 0 Å². The summed E-state index contributed by atoms with van der Waals surface area (Å²) in [6.07, 6.45) is 0. The molecule has 0 amide bonds. The largest absolute Gasteiger partial charge is 0.480 e. The van der Waals surface area contributed by atoms with Crippen LogP contribution in [0.4, 0.5) is 0 Å². The molecule has 0 saturated heterocycles. The second-order valence-electron chi connectivity index (χ2n) is 4.49. The summed E-state index contributed by atoms with van der Waals surface area (Å²) in [6.45, 7) is 1.55. The summed E-state index contributed by atoms with van der Waals surface area (Å²) >= 11 is 0. The molecule has 0 aliphatic heterocycles. The maximum Gasteiger partial charge on any atom is 0.328 e. The van der Waals surface area contributed by atoms with Gasteiger partial charge in [-0.2, -0.15) is 0 Å². The molecule has 2 aromatic carbocycles. The molecule has 3 rings (SSSR count). The Labute approximate surface area is 114 Å². The van der Waals surface area contributed by atoms with E-state index in [1.54, 1.807) is 6.92 Å². The van der Waals surface area contributed by atoms with Gasteiger partial charge in [0.2, 0.25) is 0 Å². The fourth-order valence-corrected chi connectivity index (χ4v) is 2.16. The number of rotatable bonds is 3. The lowest BCUT2D eigenvalue weighted by atomic mass is 10.0. The standard InChI is InChI=1S/C14H12N4O2/c1-9(14(19)20)18-13(15-16-17-18)12-8-4-6-10-5-2-3-7-11(10)12/h2-9H,1H3,(H,19,20). The van der Waals surface area contributed by atoms with Gasteiger partial charge in [0.1, 0.15) is 0 Å². The van der Waals surface area contributed by atoms with Crippen molar-refractivity contribution in [2.24, 2.45) is 0 Å². The first kappa shape index (κ1) is 12.3. The van der Waals surface area contributed by atoms with E-state index in [1.807, 2.05) is 42.5 Å². The quantitative estimate of drug-likeness (QED) is 0.787. The second kappa shape index (κ2) is 4.73. The zero-order valence-electron chi connectivity index (χ0n) is 10.8. The summed E-state index contributed by atoms with van der Waals surface area (Å²) in [5, 5.41) is 22.6. The Kier molecular flexibility index (Phi) is 2.90. The zero-order valence-corrected chi connectivity index (χ0v) is 10.8. The second-order valence-corrected chi connectivity index (χ2v) is 4.49. The van der Waals surface area contributed by atoms with Crippen LogP contribution < -0.4 is 0 Å². The Morgan fingerprint density at radius 2 is 1.95 bits per heavy atom. The molecule has 1 unspecified atom stereocenters. The number of aliphatic carboxylic acids is 1. The highest BCUT2D eigenvalue weighted by molar-refractivity contribution is 5.95. The SMILES string of the molecule is CC(C(=O)O)n1nnnc1-c1cccc2ccccc12. The van der Waals surface area contributed by atoms with Crippen LogP contribution in [0.5, 0.6) is 0 Å². The van der Waals surface area contributed by atoms with Crippen molar-refractivity contribution in [1.82, 2.24) is 20.2 Å². The van der Waals surface area contributed by atoms with Crippen molar-refractivity contribution in [2.75, 3.05) is 0 Å². The molecular weight excluding hydrogens is 256 g/mol. The van der Waals surface area contributed by atoms with Gasteiger partial charge in [-0.1, -0.05) is 42.5 Å². The van der Waals surface area contributed by atoms with Crippen molar-refractivity contribution in [2.45, 2.75) is 13.0 Å². The molecule has 6 heteroatoms. The van der Waals surface area contributed by atoms with Gasteiger partial charge in [-0.05, 0) is 28.1 Å². The van der Waals surface area contributed by atoms with Crippen molar-refractivity contribution in [3.05, 3.63) is 42.5 Å². The maximum absolute atomic E-state index is 11.1. The molecule has 0 saturated carbocycles. The van der Waals surface area contributed by atoms with Crippen molar-refractivity contribution < 1.29 is 9.90 Å². The summed E-state index contributed by atoms with van der Waals surface area (Å²) in [6, 6.07) is 12.8. The number of carboxylic acid groups (broad SMARTS) is 1. The molecule has 100 valence electrons. The summed E-state index contributed by atoms with van der Waals surface area (Å²) in [7, 11) is 0. The number of tetrazole rings is 1. The molecule has 1 atom stereocenters. The van der Waals surface area contributed by atoms with E-state index in [9.17, 15) is 4.79 Å². The Balaban J connectivity index is 2.22. The summed E-state index contributed by atoms with van der Waals surface area (Å²) in [5.41, 5.74) is 0.821. The predicted octanol–water partition coefficient (Wildman–Crippen LogP) is 2.14. The van der Waals surface area contributed by atoms with Crippen LogP contribution in [0.3, 0.4) is 0 Å². The van der Waals surface area contributed by atoms with E-state index in [0.29, 0.717) is 5.82 Å². The third-order valence-corrected chi connectivity index (χ3v) is 3.25. The maximum atomic E-state index is 11.1. The smallest absolute Gasteiger partial charge is 0.328 e. The molecule has 0 fully saturated rings. The normalized spacial score (nSPS) is 12.4. The predicted molar refractivity (Wildman–Crippen MR) is 73.1 cm³/mol. The van der Waals surface area contributed by atoms with Crippen LogP contribution in [-0.4, -0.2) is 31.3 Å². The van der Waals surface area contributed by atoms with Gasteiger partial charge in [0.25, 0.3) is 0 Å². The molecule has 0 bridgehead atoms. The highest BCUT2D eigenvalue weighted by atomic mass is 16.4. The summed E-state index contributed by atoms with van der Waals surface area (Å²) in [5.74, 6) is -0.518. The molecule has 0 spiro atoms. The van der Waals surface area contributed by atoms with E-state index in [-0.39, 0.29) is 0 Å². The minimum atomic E-state index is -0.973. The van der Waals surface area contributed by atoms with Gasteiger partial charge < -0.3 is 5.11 Å². The molecule has 1 N–H and O–H groups in total. The molecule has 1 heterocycles. The van der Waals surface area contributed by atoms with Crippen LogP contribution in [-0.2, 0) is 4.79 Å². The molecular formula is C14H12N4O2. The van der Waals surface area contributed by atoms with E-state index in [1.165, 1.54) is 4.68 Å². The van der Waals surface area contributed by atoms with Gasteiger partial charge in [0.15, 0.2) is 11.9 Å². The number of hydrogen-bond donors (Lipinski definition) is 1. The molecule has 0 aliphatic rings. The highest BCUT2D eigenvalue weighted by Gasteiger charge is 2.21. The van der Waals surface area contributed by atoms with Gasteiger partial charge in [0, 0.05) is 5.56 Å². The number of fused-ring (bicyclic) bond motifs is 1. The Bertz CT molecular complexity index is 776. The lowest BCUT2D eigenvalue weighted by molar-refractivity contribution is -0.140. The first-order valence-electron chi connectivity index (χ1n) is 6.17. The van der Waals surface area contributed by atoms with Crippen LogP contribution in [0.2, 0.25) is 0 Å². The molecule has 20 heavy (non-hydrogen) atoms. The molecule has 6 nitrogen and oxygen atoms in total. The lowest BCUT2D eigenvalue weighted by Gasteiger charge is -2.10. The zero-order chi connectivity index (χ0) is 14.1. The first-order valence-corrected chi connectivity index (χ1v) is 6.17. The van der Waals surface area contributed by atoms with E-state index >= 15 is 0 Å². The minimum Gasteiger partial charge on any atom is -0.480 e. The van der Waals surface area contributed by atoms with E-state index in [2.05, 4.69) is 15.5 Å². The fourth-order valence-electron chi connectivity index (χ4n) is 2.16. The average molecular weight is 268 g/mol. The fraction of sp³-hybridized carbons (Fsp3) is 0.143. The number of aromatic nitrogens is 4. The number of nitrogens with zero attached hydrogens (tertiary/aromatic N) is 4. The van der Waals surface area contributed by atoms with Gasteiger partial charge >= 0.3 is 5.97 Å². The van der Waals surface area contributed by atoms with Crippen molar-refractivity contribution in [3.8, 4) is 11.4 Å². The molecule has 1 aromatic heterocycles. The topological polar surface area (TPSA) is 80.9 Å². The average Bonchev–Trinajstić information content (AvgIpc) is 2.94.